The molecule has 0 aromatic heterocycles. The second kappa shape index (κ2) is 3.38. The summed E-state index contributed by atoms with van der Waals surface area (Å²) in [7, 11) is 0. The smallest absolute Gasteiger partial charge is 0.411 e. The highest BCUT2D eigenvalue weighted by Crippen LogP contribution is 2.48. The molecule has 5 atom stereocenters. The molecule has 0 radical (unpaired) electrons. The molecule has 3 aliphatic rings. The maximum atomic E-state index is 12.2. The van der Waals surface area contributed by atoms with Gasteiger partial charge in [0.2, 0.25) is 0 Å². The third-order valence-electron chi connectivity index (χ3n) is 3.92. The summed E-state index contributed by atoms with van der Waals surface area (Å²) >= 11 is 0. The number of hydrogen-bond acceptors (Lipinski definition) is 5. The predicted octanol–water partition coefficient (Wildman–Crippen LogP) is 0.247. The van der Waals surface area contributed by atoms with Gasteiger partial charge in [-0.25, -0.2) is 9.59 Å². The maximum Gasteiger partial charge on any atom is 0.411 e. The number of fused-ring (bicyclic) bond motifs is 1. The Hall–Kier alpha value is -1.30. The van der Waals surface area contributed by atoms with Crippen molar-refractivity contribution < 1.29 is 19.1 Å². The van der Waals surface area contributed by atoms with Crippen molar-refractivity contribution in [1.29, 1.82) is 0 Å². The minimum Gasteiger partial charge on any atom is -0.459 e. The summed E-state index contributed by atoms with van der Waals surface area (Å²) in [6.45, 7) is 5.40. The first-order valence-electron chi connectivity index (χ1n) is 6.27. The van der Waals surface area contributed by atoms with Gasteiger partial charge in [-0.05, 0) is 27.2 Å². The molecule has 6 heteroatoms. The van der Waals surface area contributed by atoms with Crippen molar-refractivity contribution in [3.8, 4) is 0 Å². The highest BCUT2D eigenvalue weighted by atomic mass is 16.6. The second-order valence-corrected chi connectivity index (χ2v) is 6.28. The molecule has 0 spiro atoms. The van der Waals surface area contributed by atoms with Gasteiger partial charge in [0.15, 0.2) is 0 Å². The molecule has 0 aromatic rings. The Morgan fingerprint density at radius 3 is 2.78 bits per heavy atom. The summed E-state index contributed by atoms with van der Waals surface area (Å²) in [5.41, 5.74) is 5.45. The lowest BCUT2D eigenvalue weighted by atomic mass is 9.97. The van der Waals surface area contributed by atoms with E-state index in [4.69, 9.17) is 15.2 Å². The lowest BCUT2D eigenvalue weighted by Crippen LogP contribution is -2.56. The Morgan fingerprint density at radius 2 is 2.17 bits per heavy atom. The van der Waals surface area contributed by atoms with Gasteiger partial charge in [-0.2, -0.15) is 0 Å². The van der Waals surface area contributed by atoms with Crippen molar-refractivity contribution >= 4 is 12.1 Å². The van der Waals surface area contributed by atoms with Crippen molar-refractivity contribution in [2.24, 2.45) is 11.7 Å². The average molecular weight is 254 g/mol. The van der Waals surface area contributed by atoms with Crippen molar-refractivity contribution in [2.75, 3.05) is 0 Å². The molecule has 2 saturated heterocycles. The number of carbonyl (C=O) groups is 2. The van der Waals surface area contributed by atoms with Gasteiger partial charge in [-0.3, -0.25) is 4.90 Å². The number of amides is 1. The number of carbonyl (C=O) groups excluding carboxylic acids is 2. The van der Waals surface area contributed by atoms with E-state index in [0.29, 0.717) is 0 Å². The number of nitrogens with zero attached hydrogens (tertiary/aromatic N) is 1. The summed E-state index contributed by atoms with van der Waals surface area (Å²) in [5, 5.41) is 0. The molecule has 2 bridgehead atoms. The molecular weight excluding hydrogens is 236 g/mol. The van der Waals surface area contributed by atoms with Gasteiger partial charge in [0.25, 0.3) is 0 Å². The van der Waals surface area contributed by atoms with E-state index in [0.717, 1.165) is 6.42 Å². The zero-order valence-corrected chi connectivity index (χ0v) is 10.8. The van der Waals surface area contributed by atoms with Crippen LogP contribution in [0.15, 0.2) is 0 Å². The molecule has 2 N–H and O–H groups in total. The standard InChI is InChI=1S/C12H18N2O4/c1-12(2,3)18-11(16)14-6-4-5-8(14)10(15)17-9(5)7(6)13/h5-9H,4,13H2,1-3H3/t5-,6+,7-,8-,9+/m1/s1. The number of rotatable bonds is 0. The van der Waals surface area contributed by atoms with Crippen molar-refractivity contribution in [3.63, 3.8) is 0 Å². The minimum absolute atomic E-state index is 0.0463. The van der Waals surface area contributed by atoms with Gasteiger partial charge in [0.05, 0.1) is 12.1 Å². The first kappa shape index (κ1) is 11.8. The zero-order valence-electron chi connectivity index (χ0n) is 10.8. The Kier molecular flexibility index (Phi) is 2.21. The highest BCUT2D eigenvalue weighted by Gasteiger charge is 2.66. The Labute approximate surface area is 105 Å². The first-order chi connectivity index (χ1) is 8.29. The van der Waals surface area contributed by atoms with Gasteiger partial charge >= 0.3 is 12.1 Å². The van der Waals surface area contributed by atoms with E-state index >= 15 is 0 Å². The molecule has 1 saturated carbocycles. The van der Waals surface area contributed by atoms with Crippen LogP contribution in [0.3, 0.4) is 0 Å². The Bertz CT molecular complexity index is 417. The summed E-state index contributed by atoms with van der Waals surface area (Å²) in [6, 6.07) is -0.911. The van der Waals surface area contributed by atoms with Crippen LogP contribution in [-0.2, 0) is 14.3 Å². The highest BCUT2D eigenvalue weighted by molar-refractivity contribution is 5.86. The summed E-state index contributed by atoms with van der Waals surface area (Å²) < 4.78 is 10.6. The molecular formula is C12H18N2O4. The van der Waals surface area contributed by atoms with Crippen molar-refractivity contribution in [2.45, 2.75) is 57.0 Å². The Morgan fingerprint density at radius 1 is 1.50 bits per heavy atom. The van der Waals surface area contributed by atoms with Crippen LogP contribution in [0.5, 0.6) is 0 Å². The molecule has 2 heterocycles. The normalized spacial score (nSPS) is 41.2. The lowest BCUT2D eigenvalue weighted by Gasteiger charge is -2.34. The number of esters is 1. The molecule has 6 nitrogen and oxygen atoms in total. The SMILES string of the molecule is CC(C)(C)OC(=O)N1[C@H]2C[C@H]3[C@H](OC(=O)[C@@H]31)[C@@H]2N. The van der Waals surface area contributed by atoms with Gasteiger partial charge in [0, 0.05) is 5.92 Å². The number of piperidine rings is 1. The van der Waals surface area contributed by atoms with E-state index in [-0.39, 0.29) is 30.1 Å². The molecule has 2 aliphatic heterocycles. The van der Waals surface area contributed by atoms with E-state index in [1.807, 2.05) is 0 Å². The molecule has 100 valence electrons. The van der Waals surface area contributed by atoms with Crippen LogP contribution in [0, 0.1) is 5.92 Å². The van der Waals surface area contributed by atoms with Crippen LogP contribution in [0.2, 0.25) is 0 Å². The molecule has 1 aliphatic carbocycles. The first-order valence-corrected chi connectivity index (χ1v) is 6.27. The summed E-state index contributed by atoms with van der Waals surface area (Å²) in [4.78, 5) is 25.5. The number of nitrogens with two attached hydrogens (primary N) is 1. The third-order valence-corrected chi connectivity index (χ3v) is 3.92. The zero-order chi connectivity index (χ0) is 13.2. The fourth-order valence-corrected chi connectivity index (χ4v) is 3.32. The van der Waals surface area contributed by atoms with Crippen LogP contribution < -0.4 is 5.73 Å². The number of likely N-dealkylation sites (tertiary alicyclic amines) is 1. The topological polar surface area (TPSA) is 81.9 Å². The molecule has 3 fully saturated rings. The lowest BCUT2D eigenvalue weighted by molar-refractivity contribution is -0.143. The summed E-state index contributed by atoms with van der Waals surface area (Å²) in [6.07, 6.45) is 0.0560. The van der Waals surface area contributed by atoms with Crippen LogP contribution >= 0.6 is 0 Å². The van der Waals surface area contributed by atoms with Crippen LogP contribution in [0.1, 0.15) is 27.2 Å². The molecule has 0 aromatic carbocycles. The fourth-order valence-electron chi connectivity index (χ4n) is 3.32. The van der Waals surface area contributed by atoms with Crippen LogP contribution in [0.25, 0.3) is 0 Å². The average Bonchev–Trinajstić information content (AvgIpc) is 2.78. The van der Waals surface area contributed by atoms with E-state index in [9.17, 15) is 9.59 Å². The number of hydrogen-bond donors (Lipinski definition) is 1. The fraction of sp³-hybridized carbons (Fsp3) is 0.833. The largest absolute Gasteiger partial charge is 0.459 e. The second-order valence-electron chi connectivity index (χ2n) is 6.28. The van der Waals surface area contributed by atoms with Gasteiger partial charge in [-0.15, -0.1) is 0 Å². The van der Waals surface area contributed by atoms with Crippen molar-refractivity contribution in [1.82, 2.24) is 4.90 Å². The van der Waals surface area contributed by atoms with E-state index in [1.165, 1.54) is 4.90 Å². The van der Waals surface area contributed by atoms with E-state index < -0.39 is 17.7 Å². The van der Waals surface area contributed by atoms with E-state index in [2.05, 4.69) is 0 Å². The quantitative estimate of drug-likeness (QED) is 0.626. The van der Waals surface area contributed by atoms with E-state index in [1.54, 1.807) is 20.8 Å². The predicted molar refractivity (Wildman–Crippen MR) is 61.6 cm³/mol. The summed E-state index contributed by atoms with van der Waals surface area (Å²) in [5.74, 6) is -0.295. The van der Waals surface area contributed by atoms with Crippen LogP contribution in [0.4, 0.5) is 4.79 Å². The Balaban J connectivity index is 1.85. The van der Waals surface area contributed by atoms with Gasteiger partial charge in [0.1, 0.15) is 17.7 Å². The van der Waals surface area contributed by atoms with Gasteiger partial charge < -0.3 is 15.2 Å². The maximum absolute atomic E-state index is 12.2. The molecule has 3 rings (SSSR count). The van der Waals surface area contributed by atoms with Crippen LogP contribution in [-0.4, -0.2) is 46.8 Å². The molecule has 18 heavy (non-hydrogen) atoms. The molecule has 0 unspecified atom stereocenters. The third kappa shape index (κ3) is 1.44. The van der Waals surface area contributed by atoms with Gasteiger partial charge in [-0.1, -0.05) is 0 Å². The molecule has 1 amide bonds. The monoisotopic (exact) mass is 254 g/mol. The minimum atomic E-state index is -0.578. The number of ether oxygens (including phenoxy) is 2. The van der Waals surface area contributed by atoms with Crippen molar-refractivity contribution in [3.05, 3.63) is 0 Å².